The smallest absolute Gasteiger partial charge is 0.259 e. The Kier molecular flexibility index (Phi) is 4.87. The summed E-state index contributed by atoms with van der Waals surface area (Å²) in [5.41, 5.74) is 5.21. The quantitative estimate of drug-likeness (QED) is 0.583. The third-order valence-corrected chi connectivity index (χ3v) is 3.10. The van der Waals surface area contributed by atoms with E-state index in [-0.39, 0.29) is 11.6 Å². The van der Waals surface area contributed by atoms with Crippen LogP contribution in [0, 0.1) is 0 Å². The number of nitrogens with zero attached hydrogens (tertiary/aromatic N) is 2. The van der Waals surface area contributed by atoms with Crippen molar-refractivity contribution in [2.24, 2.45) is 12.8 Å². The minimum Gasteiger partial charge on any atom is -0.379 e. The molecule has 0 bridgehead atoms. The molecule has 0 radical (unpaired) electrons. The zero-order valence-electron chi connectivity index (χ0n) is 9.09. The molecular weight excluding hydrogens is 232 g/mol. The standard InChI is InChI=1S/C8H16N4O3S/c1-12-6-8(10-7-12)16(13,14)11-3-5-15-4-2-9/h6-7,11H,2-5,9H2,1H3. The molecule has 0 atom stereocenters. The lowest BCUT2D eigenvalue weighted by atomic mass is 10.7. The van der Waals surface area contributed by atoms with Crippen LogP contribution in [0.5, 0.6) is 0 Å². The van der Waals surface area contributed by atoms with Crippen LogP contribution in [0.2, 0.25) is 0 Å². The van der Waals surface area contributed by atoms with Crippen LogP contribution in [0.15, 0.2) is 17.6 Å². The largest absolute Gasteiger partial charge is 0.379 e. The van der Waals surface area contributed by atoms with Crippen molar-refractivity contribution in [1.29, 1.82) is 0 Å². The molecule has 0 spiro atoms. The van der Waals surface area contributed by atoms with Gasteiger partial charge in [0.15, 0.2) is 5.03 Å². The van der Waals surface area contributed by atoms with Crippen molar-refractivity contribution < 1.29 is 13.2 Å². The Balaban J connectivity index is 2.41. The van der Waals surface area contributed by atoms with Crippen molar-refractivity contribution in [3.63, 3.8) is 0 Å². The van der Waals surface area contributed by atoms with E-state index in [1.54, 1.807) is 11.6 Å². The van der Waals surface area contributed by atoms with Gasteiger partial charge in [-0.1, -0.05) is 0 Å². The molecule has 0 aliphatic carbocycles. The molecule has 0 saturated carbocycles. The van der Waals surface area contributed by atoms with Crippen LogP contribution in [-0.4, -0.2) is 44.3 Å². The lowest BCUT2D eigenvalue weighted by molar-refractivity contribution is 0.147. The van der Waals surface area contributed by atoms with Crippen LogP contribution in [-0.2, 0) is 21.8 Å². The Morgan fingerprint density at radius 2 is 2.31 bits per heavy atom. The maximum atomic E-state index is 11.6. The molecule has 0 fully saturated rings. The van der Waals surface area contributed by atoms with Gasteiger partial charge in [-0.25, -0.2) is 18.1 Å². The molecule has 1 aromatic rings. The molecule has 0 aliphatic heterocycles. The maximum absolute atomic E-state index is 11.6. The average Bonchev–Trinajstić information content (AvgIpc) is 2.65. The predicted molar refractivity (Wildman–Crippen MR) is 58.3 cm³/mol. The number of sulfonamides is 1. The molecule has 0 aliphatic rings. The molecule has 1 aromatic heterocycles. The van der Waals surface area contributed by atoms with E-state index in [0.717, 1.165) is 0 Å². The Hall–Kier alpha value is -0.960. The average molecular weight is 248 g/mol. The van der Waals surface area contributed by atoms with Crippen molar-refractivity contribution in [3.8, 4) is 0 Å². The normalized spacial score (nSPS) is 11.9. The minimum atomic E-state index is -3.52. The molecule has 0 aromatic carbocycles. The van der Waals surface area contributed by atoms with Gasteiger partial charge in [-0.15, -0.1) is 0 Å². The van der Waals surface area contributed by atoms with Gasteiger partial charge in [0.05, 0.1) is 19.5 Å². The van der Waals surface area contributed by atoms with Gasteiger partial charge in [0, 0.05) is 26.3 Å². The van der Waals surface area contributed by atoms with Gasteiger partial charge in [-0.3, -0.25) is 0 Å². The number of aryl methyl sites for hydroxylation is 1. The van der Waals surface area contributed by atoms with E-state index < -0.39 is 10.0 Å². The summed E-state index contributed by atoms with van der Waals surface area (Å²) in [5, 5.41) is 0.00817. The first-order valence-electron chi connectivity index (χ1n) is 4.81. The number of hydrogen-bond donors (Lipinski definition) is 2. The molecule has 0 amide bonds. The second-order valence-corrected chi connectivity index (χ2v) is 4.89. The Bertz CT molecular complexity index is 415. The van der Waals surface area contributed by atoms with Gasteiger partial charge < -0.3 is 15.0 Å². The number of nitrogens with two attached hydrogens (primary N) is 1. The fraction of sp³-hybridized carbons (Fsp3) is 0.625. The number of ether oxygens (including phenoxy) is 1. The van der Waals surface area contributed by atoms with Crippen molar-refractivity contribution in [3.05, 3.63) is 12.5 Å². The summed E-state index contributed by atoms with van der Waals surface area (Å²) in [7, 11) is -1.82. The van der Waals surface area contributed by atoms with Crippen molar-refractivity contribution in [1.82, 2.24) is 14.3 Å². The monoisotopic (exact) mass is 248 g/mol. The van der Waals surface area contributed by atoms with Crippen LogP contribution >= 0.6 is 0 Å². The number of rotatable bonds is 7. The summed E-state index contributed by atoms with van der Waals surface area (Å²) in [6, 6.07) is 0. The van der Waals surface area contributed by atoms with E-state index in [0.29, 0.717) is 19.8 Å². The van der Waals surface area contributed by atoms with Crippen LogP contribution < -0.4 is 10.5 Å². The summed E-state index contributed by atoms with van der Waals surface area (Å²) in [6.07, 6.45) is 2.86. The summed E-state index contributed by atoms with van der Waals surface area (Å²) in [6.45, 7) is 1.35. The lowest BCUT2D eigenvalue weighted by Crippen LogP contribution is -2.28. The number of imidazole rings is 1. The van der Waals surface area contributed by atoms with Gasteiger partial charge >= 0.3 is 0 Å². The molecule has 0 unspecified atom stereocenters. The zero-order chi connectivity index (χ0) is 12.0. The van der Waals surface area contributed by atoms with E-state index in [1.807, 2.05) is 0 Å². The number of aromatic nitrogens is 2. The van der Waals surface area contributed by atoms with E-state index in [2.05, 4.69) is 9.71 Å². The highest BCUT2D eigenvalue weighted by Gasteiger charge is 2.15. The summed E-state index contributed by atoms with van der Waals surface area (Å²) in [4.78, 5) is 3.75. The third-order valence-electron chi connectivity index (χ3n) is 1.76. The van der Waals surface area contributed by atoms with Crippen LogP contribution in [0.25, 0.3) is 0 Å². The summed E-state index contributed by atoms with van der Waals surface area (Å²) < 4.78 is 32.2. The minimum absolute atomic E-state index is 0.00817. The highest BCUT2D eigenvalue weighted by Crippen LogP contribution is 2.02. The second kappa shape index (κ2) is 5.94. The fourth-order valence-corrected chi connectivity index (χ4v) is 2.03. The van der Waals surface area contributed by atoms with Crippen molar-refractivity contribution in [2.75, 3.05) is 26.3 Å². The number of hydrogen-bond acceptors (Lipinski definition) is 5. The van der Waals surface area contributed by atoms with E-state index in [9.17, 15) is 8.42 Å². The van der Waals surface area contributed by atoms with Gasteiger partial charge in [0.1, 0.15) is 0 Å². The van der Waals surface area contributed by atoms with Crippen LogP contribution in [0.3, 0.4) is 0 Å². The van der Waals surface area contributed by atoms with Crippen molar-refractivity contribution >= 4 is 10.0 Å². The lowest BCUT2D eigenvalue weighted by Gasteiger charge is -2.04. The molecular formula is C8H16N4O3S. The Morgan fingerprint density at radius 3 is 2.88 bits per heavy atom. The fourth-order valence-electron chi connectivity index (χ4n) is 1.04. The van der Waals surface area contributed by atoms with E-state index in [4.69, 9.17) is 10.5 Å². The van der Waals surface area contributed by atoms with Gasteiger partial charge in [-0.2, -0.15) is 0 Å². The van der Waals surface area contributed by atoms with Gasteiger partial charge in [0.2, 0.25) is 0 Å². The molecule has 92 valence electrons. The Labute approximate surface area is 94.7 Å². The molecule has 8 heteroatoms. The SMILES string of the molecule is Cn1cnc(S(=O)(=O)NCCOCCN)c1. The molecule has 7 nitrogen and oxygen atoms in total. The third kappa shape index (κ3) is 3.89. The topological polar surface area (TPSA) is 99.2 Å². The van der Waals surface area contributed by atoms with Gasteiger partial charge in [0.25, 0.3) is 10.0 Å². The predicted octanol–water partition coefficient (Wildman–Crippen LogP) is -1.33. The van der Waals surface area contributed by atoms with Crippen molar-refractivity contribution in [2.45, 2.75) is 5.03 Å². The summed E-state index contributed by atoms with van der Waals surface area (Å²) in [5.74, 6) is 0. The first kappa shape index (κ1) is 13.1. The highest BCUT2D eigenvalue weighted by atomic mass is 32.2. The second-order valence-electron chi connectivity index (χ2n) is 3.18. The first-order valence-corrected chi connectivity index (χ1v) is 6.30. The highest BCUT2D eigenvalue weighted by molar-refractivity contribution is 7.89. The molecule has 3 N–H and O–H groups in total. The van der Waals surface area contributed by atoms with Crippen LogP contribution in [0.4, 0.5) is 0 Å². The molecule has 1 rings (SSSR count). The zero-order valence-corrected chi connectivity index (χ0v) is 9.90. The molecule has 1 heterocycles. The van der Waals surface area contributed by atoms with E-state index in [1.165, 1.54) is 12.5 Å². The molecule has 0 saturated heterocycles. The maximum Gasteiger partial charge on any atom is 0.259 e. The van der Waals surface area contributed by atoms with Crippen LogP contribution in [0.1, 0.15) is 0 Å². The van der Waals surface area contributed by atoms with E-state index >= 15 is 0 Å². The first-order chi connectivity index (χ1) is 7.56. The van der Waals surface area contributed by atoms with Gasteiger partial charge in [-0.05, 0) is 0 Å². The Morgan fingerprint density at radius 1 is 1.56 bits per heavy atom. The number of nitrogens with one attached hydrogen (secondary N) is 1. The summed E-state index contributed by atoms with van der Waals surface area (Å²) >= 11 is 0. The molecule has 16 heavy (non-hydrogen) atoms.